The quantitative estimate of drug-likeness (QED) is 0.580. The molecule has 0 heterocycles. The van der Waals surface area contributed by atoms with Gasteiger partial charge < -0.3 is 9.53 Å². The van der Waals surface area contributed by atoms with Crippen LogP contribution >= 0.6 is 0 Å². The van der Waals surface area contributed by atoms with Gasteiger partial charge in [-0.15, -0.1) is 6.58 Å². The van der Waals surface area contributed by atoms with Crippen LogP contribution in [-0.4, -0.2) is 26.1 Å². The second kappa shape index (κ2) is 5.28. The number of hydrogen-bond donors (Lipinski definition) is 1. The van der Waals surface area contributed by atoms with Gasteiger partial charge in [-0.1, -0.05) is 33.8 Å². The molecule has 0 saturated heterocycles. The highest BCUT2D eigenvalue weighted by Crippen LogP contribution is 2.36. The summed E-state index contributed by atoms with van der Waals surface area (Å²) in [5, 5.41) is 9.97. The van der Waals surface area contributed by atoms with Crippen molar-refractivity contribution in [3.8, 4) is 0 Å². The first kappa shape index (κ1) is 14.9. The first-order chi connectivity index (χ1) is 6.62. The molecule has 0 aliphatic heterocycles. The average Bonchev–Trinajstić information content (AvgIpc) is 2.11. The van der Waals surface area contributed by atoms with Crippen LogP contribution in [0.5, 0.6) is 0 Å². The highest BCUT2D eigenvalue weighted by Gasteiger charge is 2.37. The topological polar surface area (TPSA) is 29.5 Å². The Labute approximate surface area is 95.5 Å². The van der Waals surface area contributed by atoms with Gasteiger partial charge in [-0.3, -0.25) is 0 Å². The van der Waals surface area contributed by atoms with Gasteiger partial charge in [0, 0.05) is 5.92 Å². The largest absolute Gasteiger partial charge is 0.414 e. The van der Waals surface area contributed by atoms with Gasteiger partial charge in [-0.05, 0) is 18.1 Å². The van der Waals surface area contributed by atoms with E-state index in [-0.39, 0.29) is 11.0 Å². The summed E-state index contributed by atoms with van der Waals surface area (Å²) in [7, 11) is -1.72. The van der Waals surface area contributed by atoms with Crippen molar-refractivity contribution in [3.63, 3.8) is 0 Å². The van der Waals surface area contributed by atoms with Crippen LogP contribution < -0.4 is 0 Å². The van der Waals surface area contributed by atoms with E-state index >= 15 is 0 Å². The third-order valence-electron chi connectivity index (χ3n) is 3.40. The molecule has 2 atom stereocenters. The Balaban J connectivity index is 4.21. The normalized spacial score (nSPS) is 17.3. The van der Waals surface area contributed by atoms with Crippen LogP contribution in [0.25, 0.3) is 0 Å². The summed E-state index contributed by atoms with van der Waals surface area (Å²) >= 11 is 0. The van der Waals surface area contributed by atoms with E-state index in [2.05, 4.69) is 40.4 Å². The van der Waals surface area contributed by atoms with E-state index in [1.165, 1.54) is 0 Å². The van der Waals surface area contributed by atoms with Crippen molar-refractivity contribution >= 4 is 8.32 Å². The van der Waals surface area contributed by atoms with Crippen LogP contribution in [-0.2, 0) is 4.43 Å². The van der Waals surface area contributed by atoms with Gasteiger partial charge >= 0.3 is 0 Å². The smallest absolute Gasteiger partial charge is 0.192 e. The standard InChI is InChI=1S/C12H26O2Si/c1-8-10(2)11(13)9-14-15(6,7)12(3,4)5/h8,10-11,13H,1,9H2,2-7H3/t10-,11+/m1/s1. The first-order valence-corrected chi connectivity index (χ1v) is 8.47. The molecular formula is C12H26O2Si. The zero-order valence-corrected chi connectivity index (χ0v) is 12.0. The minimum Gasteiger partial charge on any atom is -0.414 e. The van der Waals surface area contributed by atoms with E-state index < -0.39 is 14.4 Å². The predicted molar refractivity (Wildman–Crippen MR) is 68.5 cm³/mol. The van der Waals surface area contributed by atoms with Crippen LogP contribution in [0.1, 0.15) is 27.7 Å². The maximum atomic E-state index is 9.77. The second-order valence-electron chi connectivity index (χ2n) is 5.73. The Morgan fingerprint density at radius 2 is 1.87 bits per heavy atom. The van der Waals surface area contributed by atoms with Crippen molar-refractivity contribution in [1.29, 1.82) is 0 Å². The Hall–Kier alpha value is -0.123. The molecule has 0 amide bonds. The Kier molecular flexibility index (Phi) is 5.24. The second-order valence-corrected chi connectivity index (χ2v) is 10.5. The van der Waals surface area contributed by atoms with Crippen LogP contribution in [0.3, 0.4) is 0 Å². The summed E-state index contributed by atoms with van der Waals surface area (Å²) in [6.07, 6.45) is 1.33. The molecule has 0 bridgehead atoms. The third-order valence-corrected chi connectivity index (χ3v) is 7.90. The van der Waals surface area contributed by atoms with Crippen LogP contribution in [0, 0.1) is 5.92 Å². The van der Waals surface area contributed by atoms with Gasteiger partial charge in [0.25, 0.3) is 0 Å². The number of aliphatic hydroxyl groups is 1. The fourth-order valence-electron chi connectivity index (χ4n) is 0.819. The van der Waals surface area contributed by atoms with Gasteiger partial charge in [-0.2, -0.15) is 0 Å². The van der Waals surface area contributed by atoms with Crippen molar-refractivity contribution in [2.75, 3.05) is 6.61 Å². The van der Waals surface area contributed by atoms with Crippen molar-refractivity contribution in [1.82, 2.24) is 0 Å². The van der Waals surface area contributed by atoms with Crippen molar-refractivity contribution in [3.05, 3.63) is 12.7 Å². The van der Waals surface area contributed by atoms with E-state index in [0.717, 1.165) is 0 Å². The molecule has 0 saturated carbocycles. The predicted octanol–water partition coefficient (Wildman–Crippen LogP) is 3.19. The zero-order chi connectivity index (χ0) is 12.3. The number of rotatable bonds is 5. The fraction of sp³-hybridized carbons (Fsp3) is 0.833. The van der Waals surface area contributed by atoms with E-state index in [4.69, 9.17) is 4.43 Å². The number of hydrogen-bond acceptors (Lipinski definition) is 2. The summed E-state index contributed by atoms with van der Waals surface area (Å²) in [6.45, 7) is 17.0. The summed E-state index contributed by atoms with van der Waals surface area (Å²) in [6, 6.07) is 0. The van der Waals surface area contributed by atoms with E-state index in [1.54, 1.807) is 6.08 Å². The van der Waals surface area contributed by atoms with E-state index in [0.29, 0.717) is 6.61 Å². The van der Waals surface area contributed by atoms with E-state index in [9.17, 15) is 5.11 Å². The molecule has 0 aromatic heterocycles. The maximum absolute atomic E-state index is 9.77. The van der Waals surface area contributed by atoms with Crippen LogP contribution in [0.15, 0.2) is 12.7 Å². The lowest BCUT2D eigenvalue weighted by Gasteiger charge is -2.37. The van der Waals surface area contributed by atoms with Crippen molar-refractivity contribution in [2.24, 2.45) is 5.92 Å². The minimum atomic E-state index is -1.72. The zero-order valence-electron chi connectivity index (χ0n) is 11.0. The molecule has 0 aliphatic carbocycles. The molecule has 0 radical (unpaired) electrons. The molecule has 15 heavy (non-hydrogen) atoms. The van der Waals surface area contributed by atoms with E-state index in [1.807, 2.05) is 6.92 Å². The van der Waals surface area contributed by atoms with Gasteiger partial charge in [0.2, 0.25) is 0 Å². The Morgan fingerprint density at radius 1 is 1.40 bits per heavy atom. The average molecular weight is 230 g/mol. The van der Waals surface area contributed by atoms with Crippen molar-refractivity contribution in [2.45, 2.75) is 51.9 Å². The Morgan fingerprint density at radius 3 is 2.20 bits per heavy atom. The molecule has 0 spiro atoms. The summed E-state index contributed by atoms with van der Waals surface area (Å²) in [4.78, 5) is 0. The highest BCUT2D eigenvalue weighted by molar-refractivity contribution is 6.74. The first-order valence-electron chi connectivity index (χ1n) is 5.56. The molecule has 0 aromatic carbocycles. The van der Waals surface area contributed by atoms with Crippen LogP contribution in [0.4, 0.5) is 0 Å². The summed E-state index contributed by atoms with van der Waals surface area (Å²) < 4.78 is 5.92. The lowest BCUT2D eigenvalue weighted by atomic mass is 10.1. The SMILES string of the molecule is C=C[C@@H](C)[C@@H](O)CO[Si](C)(C)C(C)(C)C. The fourth-order valence-corrected chi connectivity index (χ4v) is 1.84. The maximum Gasteiger partial charge on any atom is 0.192 e. The molecule has 3 heteroatoms. The molecule has 0 unspecified atom stereocenters. The minimum absolute atomic E-state index is 0.0924. The van der Waals surface area contributed by atoms with Crippen LogP contribution in [0.2, 0.25) is 18.1 Å². The Bertz CT molecular complexity index is 206. The summed E-state index contributed by atoms with van der Waals surface area (Å²) in [5.41, 5.74) is 0. The molecule has 1 N–H and O–H groups in total. The molecule has 0 fully saturated rings. The highest BCUT2D eigenvalue weighted by atomic mass is 28.4. The third kappa shape index (κ3) is 4.49. The molecule has 0 rings (SSSR count). The van der Waals surface area contributed by atoms with Gasteiger partial charge in [0.05, 0.1) is 12.7 Å². The monoisotopic (exact) mass is 230 g/mol. The lowest BCUT2D eigenvalue weighted by molar-refractivity contribution is 0.0731. The van der Waals surface area contributed by atoms with Gasteiger partial charge in [-0.25, -0.2) is 0 Å². The molecular weight excluding hydrogens is 204 g/mol. The molecule has 2 nitrogen and oxygen atoms in total. The molecule has 0 aliphatic rings. The van der Waals surface area contributed by atoms with Crippen molar-refractivity contribution < 1.29 is 9.53 Å². The molecule has 0 aromatic rings. The van der Waals surface area contributed by atoms with Gasteiger partial charge in [0.1, 0.15) is 0 Å². The molecule has 90 valence electrons. The van der Waals surface area contributed by atoms with Gasteiger partial charge in [0.15, 0.2) is 8.32 Å². The number of aliphatic hydroxyl groups excluding tert-OH is 1. The lowest BCUT2D eigenvalue weighted by Crippen LogP contribution is -2.43. The summed E-state index contributed by atoms with van der Waals surface area (Å²) in [5.74, 6) is 0.0924.